The molecule has 5 heteroatoms. The van der Waals surface area contributed by atoms with E-state index < -0.39 is 0 Å². The third-order valence-corrected chi connectivity index (χ3v) is 3.09. The number of hydrogen-bond acceptors (Lipinski definition) is 4. The Morgan fingerprint density at radius 3 is 2.35 bits per heavy atom. The molecule has 1 heterocycles. The summed E-state index contributed by atoms with van der Waals surface area (Å²) in [4.78, 5) is 4.03. The number of benzene rings is 1. The minimum absolute atomic E-state index is 0.475. The fourth-order valence-electron chi connectivity index (χ4n) is 1.71. The average molecular weight is 337 g/mol. The van der Waals surface area contributed by atoms with Crippen molar-refractivity contribution in [3.63, 3.8) is 0 Å². The van der Waals surface area contributed by atoms with E-state index in [4.69, 9.17) is 15.2 Å². The van der Waals surface area contributed by atoms with Gasteiger partial charge >= 0.3 is 0 Å². The molecule has 2 N–H and O–H groups in total. The molecule has 0 aliphatic rings. The van der Waals surface area contributed by atoms with Crippen molar-refractivity contribution in [2.24, 2.45) is 5.73 Å². The molecule has 106 valence electrons. The molecule has 0 fully saturated rings. The van der Waals surface area contributed by atoms with E-state index in [1.807, 2.05) is 30.3 Å². The van der Waals surface area contributed by atoms with Crippen molar-refractivity contribution in [2.75, 3.05) is 19.8 Å². The molecule has 4 nitrogen and oxygen atoms in total. The van der Waals surface area contributed by atoms with Crippen molar-refractivity contribution < 1.29 is 9.47 Å². The molecule has 2 aromatic rings. The van der Waals surface area contributed by atoms with E-state index in [0.717, 1.165) is 22.4 Å². The number of nitrogens with two attached hydrogens (primary N) is 1. The van der Waals surface area contributed by atoms with Gasteiger partial charge in [0, 0.05) is 10.7 Å². The summed E-state index contributed by atoms with van der Waals surface area (Å²) >= 11 is 3.34. The highest BCUT2D eigenvalue weighted by Gasteiger charge is 1.98. The van der Waals surface area contributed by atoms with Crippen LogP contribution in [0.3, 0.4) is 0 Å². The number of aromatic nitrogens is 1. The van der Waals surface area contributed by atoms with Crippen LogP contribution in [0.15, 0.2) is 47.2 Å². The summed E-state index contributed by atoms with van der Waals surface area (Å²) in [7, 11) is 0. The second-order valence-electron chi connectivity index (χ2n) is 4.22. The van der Waals surface area contributed by atoms with E-state index in [2.05, 4.69) is 20.9 Å². The molecule has 0 spiro atoms. The van der Waals surface area contributed by atoms with Crippen LogP contribution in [-0.4, -0.2) is 24.7 Å². The van der Waals surface area contributed by atoms with E-state index in [0.29, 0.717) is 19.8 Å². The van der Waals surface area contributed by atoms with Crippen LogP contribution in [0.5, 0.6) is 11.5 Å². The number of pyridine rings is 1. The molecule has 0 amide bonds. The van der Waals surface area contributed by atoms with Gasteiger partial charge in [0.25, 0.3) is 0 Å². The third kappa shape index (κ3) is 4.83. The highest BCUT2D eigenvalue weighted by atomic mass is 79.9. The highest BCUT2D eigenvalue weighted by Crippen LogP contribution is 2.16. The summed E-state index contributed by atoms with van der Waals surface area (Å²) in [6.45, 7) is 1.63. The Morgan fingerprint density at radius 2 is 1.70 bits per heavy atom. The molecular formula is C15H17BrN2O2. The largest absolute Gasteiger partial charge is 0.490 e. The van der Waals surface area contributed by atoms with E-state index in [1.165, 1.54) is 5.56 Å². The van der Waals surface area contributed by atoms with Gasteiger partial charge in [-0.25, -0.2) is 0 Å². The zero-order valence-electron chi connectivity index (χ0n) is 11.1. The monoisotopic (exact) mass is 336 g/mol. The van der Waals surface area contributed by atoms with Crippen molar-refractivity contribution in [3.05, 3.63) is 52.8 Å². The normalized spacial score (nSPS) is 10.3. The van der Waals surface area contributed by atoms with Crippen molar-refractivity contribution >= 4 is 15.9 Å². The molecular weight excluding hydrogens is 320 g/mol. The van der Waals surface area contributed by atoms with E-state index >= 15 is 0 Å². The lowest BCUT2D eigenvalue weighted by Crippen LogP contribution is -2.09. The van der Waals surface area contributed by atoms with Crippen LogP contribution in [0.2, 0.25) is 0 Å². The first-order valence-electron chi connectivity index (χ1n) is 6.43. The van der Waals surface area contributed by atoms with Crippen molar-refractivity contribution in [2.45, 2.75) is 6.42 Å². The summed E-state index contributed by atoms with van der Waals surface area (Å²) in [5.41, 5.74) is 6.73. The lowest BCUT2D eigenvalue weighted by Gasteiger charge is -2.08. The second-order valence-corrected chi connectivity index (χ2v) is 5.13. The summed E-state index contributed by atoms with van der Waals surface area (Å²) in [6.07, 6.45) is 4.28. The topological polar surface area (TPSA) is 57.4 Å². The lowest BCUT2D eigenvalue weighted by atomic mass is 10.1. The Balaban J connectivity index is 1.73. The van der Waals surface area contributed by atoms with Gasteiger partial charge in [-0.1, -0.05) is 12.1 Å². The molecule has 0 saturated carbocycles. The van der Waals surface area contributed by atoms with Crippen LogP contribution in [0.25, 0.3) is 0 Å². The Kier molecular flexibility index (Phi) is 5.83. The van der Waals surface area contributed by atoms with Crippen LogP contribution in [0.1, 0.15) is 5.56 Å². The van der Waals surface area contributed by atoms with Gasteiger partial charge < -0.3 is 15.2 Å². The van der Waals surface area contributed by atoms with E-state index in [1.54, 1.807) is 12.4 Å². The Bertz CT molecular complexity index is 532. The van der Waals surface area contributed by atoms with Crippen molar-refractivity contribution in [3.8, 4) is 11.5 Å². The lowest BCUT2D eigenvalue weighted by molar-refractivity contribution is 0.216. The zero-order valence-corrected chi connectivity index (χ0v) is 12.7. The summed E-state index contributed by atoms with van der Waals surface area (Å²) in [5.74, 6) is 1.56. The van der Waals surface area contributed by atoms with Gasteiger partial charge in [-0.05, 0) is 52.7 Å². The predicted octanol–water partition coefficient (Wildman–Crippen LogP) is 2.80. The first-order valence-corrected chi connectivity index (χ1v) is 7.22. The first kappa shape index (κ1) is 14.8. The van der Waals surface area contributed by atoms with Gasteiger partial charge in [0.05, 0.1) is 6.20 Å². The van der Waals surface area contributed by atoms with Crippen LogP contribution >= 0.6 is 15.9 Å². The minimum Gasteiger partial charge on any atom is -0.490 e. The van der Waals surface area contributed by atoms with Gasteiger partial charge in [-0.15, -0.1) is 0 Å². The molecule has 0 aliphatic carbocycles. The number of halogens is 1. The molecule has 1 aromatic heterocycles. The Hall–Kier alpha value is -1.59. The maximum atomic E-state index is 5.60. The van der Waals surface area contributed by atoms with Crippen LogP contribution in [-0.2, 0) is 6.42 Å². The average Bonchev–Trinajstić information content (AvgIpc) is 2.46. The van der Waals surface area contributed by atoms with Crippen molar-refractivity contribution in [1.82, 2.24) is 4.98 Å². The van der Waals surface area contributed by atoms with Gasteiger partial charge in [-0.3, -0.25) is 4.98 Å². The maximum Gasteiger partial charge on any atom is 0.138 e. The zero-order chi connectivity index (χ0) is 14.2. The molecule has 1 aromatic carbocycles. The molecule has 0 saturated heterocycles. The molecule has 0 bridgehead atoms. The highest BCUT2D eigenvalue weighted by molar-refractivity contribution is 9.10. The molecule has 0 atom stereocenters. The SMILES string of the molecule is NCCc1ccc(OCCOc2cncc(Br)c2)cc1. The fraction of sp³-hybridized carbons (Fsp3) is 0.267. The summed E-state index contributed by atoms with van der Waals surface area (Å²) < 4.78 is 12.0. The van der Waals surface area contributed by atoms with Gasteiger partial charge in [-0.2, -0.15) is 0 Å². The fourth-order valence-corrected chi connectivity index (χ4v) is 2.05. The van der Waals surface area contributed by atoms with Gasteiger partial charge in [0.15, 0.2) is 0 Å². The van der Waals surface area contributed by atoms with E-state index in [-0.39, 0.29) is 0 Å². The van der Waals surface area contributed by atoms with Gasteiger partial charge in [0.2, 0.25) is 0 Å². The summed E-state index contributed by atoms with van der Waals surface area (Å²) in [5, 5.41) is 0. The molecule has 0 radical (unpaired) electrons. The second kappa shape index (κ2) is 7.87. The maximum absolute atomic E-state index is 5.60. The smallest absolute Gasteiger partial charge is 0.138 e. The van der Waals surface area contributed by atoms with Crippen molar-refractivity contribution in [1.29, 1.82) is 0 Å². The number of hydrogen-bond donors (Lipinski definition) is 1. The molecule has 20 heavy (non-hydrogen) atoms. The quantitative estimate of drug-likeness (QED) is 0.790. The predicted molar refractivity (Wildman–Crippen MR) is 82.1 cm³/mol. The molecule has 0 aliphatic heterocycles. The van der Waals surface area contributed by atoms with E-state index in [9.17, 15) is 0 Å². The molecule has 2 rings (SSSR count). The number of ether oxygens (including phenoxy) is 2. The summed E-state index contributed by atoms with van der Waals surface area (Å²) in [6, 6.07) is 9.83. The Labute approximate surface area is 127 Å². The first-order chi connectivity index (χ1) is 9.78. The van der Waals surface area contributed by atoms with Crippen LogP contribution in [0, 0.1) is 0 Å². The minimum atomic E-state index is 0.475. The van der Waals surface area contributed by atoms with Crippen LogP contribution < -0.4 is 15.2 Å². The number of rotatable bonds is 7. The Morgan fingerprint density at radius 1 is 1.00 bits per heavy atom. The number of nitrogens with zero attached hydrogens (tertiary/aromatic N) is 1. The molecule has 0 unspecified atom stereocenters. The van der Waals surface area contributed by atoms with Crippen LogP contribution in [0.4, 0.5) is 0 Å². The third-order valence-electron chi connectivity index (χ3n) is 2.66. The standard InChI is InChI=1S/C15H17BrN2O2/c16-13-9-15(11-18-10-13)20-8-7-19-14-3-1-12(2-4-14)5-6-17/h1-4,9-11H,5-8,17H2. The van der Waals surface area contributed by atoms with Gasteiger partial charge in [0.1, 0.15) is 24.7 Å².